The molecule has 0 spiro atoms. The Morgan fingerprint density at radius 2 is 2.05 bits per heavy atom. The summed E-state index contributed by atoms with van der Waals surface area (Å²) in [4.78, 5) is 7.40. The van der Waals surface area contributed by atoms with Crippen LogP contribution in [0.4, 0.5) is 0 Å². The van der Waals surface area contributed by atoms with E-state index in [4.69, 9.17) is 16.6 Å². The number of fused-ring (bicyclic) bond motifs is 1. The highest BCUT2D eigenvalue weighted by atomic mass is 35.5. The fourth-order valence-electron chi connectivity index (χ4n) is 2.69. The van der Waals surface area contributed by atoms with E-state index in [-0.39, 0.29) is 5.38 Å². The van der Waals surface area contributed by atoms with Crippen LogP contribution in [0.3, 0.4) is 0 Å². The highest BCUT2D eigenvalue weighted by Crippen LogP contribution is 2.29. The first-order valence-electron chi connectivity index (χ1n) is 6.98. The van der Waals surface area contributed by atoms with Gasteiger partial charge in [-0.1, -0.05) is 0 Å². The van der Waals surface area contributed by atoms with Crippen molar-refractivity contribution >= 4 is 34.1 Å². The topological polar surface area (TPSA) is 35.6 Å². The number of halogens is 1. The van der Waals surface area contributed by atoms with Gasteiger partial charge in [-0.15, -0.1) is 22.9 Å². The van der Waals surface area contributed by atoms with Crippen LogP contribution >= 0.6 is 22.9 Å². The van der Waals surface area contributed by atoms with E-state index >= 15 is 0 Å². The molecule has 21 heavy (non-hydrogen) atoms. The molecule has 3 heterocycles. The molecule has 0 fully saturated rings. The van der Waals surface area contributed by atoms with Crippen molar-refractivity contribution in [1.82, 2.24) is 19.3 Å². The lowest BCUT2D eigenvalue weighted by Gasteiger charge is -2.09. The second kappa shape index (κ2) is 5.14. The van der Waals surface area contributed by atoms with Crippen molar-refractivity contribution in [2.75, 3.05) is 0 Å². The predicted molar refractivity (Wildman–Crippen MR) is 88.4 cm³/mol. The largest absolute Gasteiger partial charge is 0.306 e. The highest BCUT2D eigenvalue weighted by molar-refractivity contribution is 7.12. The second-order valence-corrected chi connectivity index (χ2v) is 7.50. The Hall–Kier alpha value is -1.33. The lowest BCUT2D eigenvalue weighted by molar-refractivity contribution is 0.691. The molecule has 1 atom stereocenters. The van der Waals surface area contributed by atoms with E-state index in [0.717, 1.165) is 29.2 Å². The van der Waals surface area contributed by atoms with Crippen molar-refractivity contribution in [3.8, 4) is 0 Å². The minimum atomic E-state index is -0.126. The Morgan fingerprint density at radius 3 is 2.62 bits per heavy atom. The summed E-state index contributed by atoms with van der Waals surface area (Å²) in [5.41, 5.74) is 4.28. The van der Waals surface area contributed by atoms with Crippen LogP contribution in [0.15, 0.2) is 6.07 Å². The summed E-state index contributed by atoms with van der Waals surface area (Å²) in [5.74, 6) is 0.909. The molecule has 6 heteroatoms. The van der Waals surface area contributed by atoms with Gasteiger partial charge in [0.25, 0.3) is 0 Å². The van der Waals surface area contributed by atoms with Crippen molar-refractivity contribution in [3.05, 3.63) is 32.9 Å². The standard InChI is InChI=1S/C15H19ClN4S/c1-8-6-12(21-11(8)4)7-20-14(9(2)16)17-13-10(3)18-19(5)15(13)20/h6,9H,7H2,1-5H3. The van der Waals surface area contributed by atoms with Crippen molar-refractivity contribution in [1.29, 1.82) is 0 Å². The number of nitrogens with zero attached hydrogens (tertiary/aromatic N) is 4. The van der Waals surface area contributed by atoms with Gasteiger partial charge in [0, 0.05) is 16.8 Å². The third-order valence-electron chi connectivity index (χ3n) is 3.81. The van der Waals surface area contributed by atoms with E-state index in [2.05, 4.69) is 29.6 Å². The van der Waals surface area contributed by atoms with E-state index < -0.39 is 0 Å². The molecule has 0 aliphatic rings. The zero-order chi connectivity index (χ0) is 15.3. The third-order valence-corrected chi connectivity index (χ3v) is 5.14. The summed E-state index contributed by atoms with van der Waals surface area (Å²) in [5, 5.41) is 4.34. The molecule has 0 saturated carbocycles. The summed E-state index contributed by atoms with van der Waals surface area (Å²) in [6.07, 6.45) is 0. The maximum Gasteiger partial charge on any atom is 0.159 e. The van der Waals surface area contributed by atoms with Gasteiger partial charge in [-0.05, 0) is 39.3 Å². The number of hydrogen-bond donors (Lipinski definition) is 0. The van der Waals surface area contributed by atoms with Gasteiger partial charge in [0.2, 0.25) is 0 Å². The van der Waals surface area contributed by atoms with Crippen LogP contribution in [0, 0.1) is 20.8 Å². The Labute approximate surface area is 133 Å². The van der Waals surface area contributed by atoms with E-state index in [1.165, 1.54) is 15.3 Å². The molecular weight excluding hydrogens is 304 g/mol. The number of aryl methyl sites for hydroxylation is 4. The first kappa shape index (κ1) is 14.6. The maximum atomic E-state index is 6.33. The summed E-state index contributed by atoms with van der Waals surface area (Å²) in [6, 6.07) is 2.25. The summed E-state index contributed by atoms with van der Waals surface area (Å²) in [7, 11) is 1.96. The first-order chi connectivity index (χ1) is 9.88. The fraction of sp³-hybridized carbons (Fsp3) is 0.467. The summed E-state index contributed by atoms with van der Waals surface area (Å²) in [6.45, 7) is 9.06. The molecule has 4 nitrogen and oxygen atoms in total. The molecule has 0 aliphatic carbocycles. The van der Waals surface area contributed by atoms with Crippen LogP contribution in [0.1, 0.15) is 39.1 Å². The molecule has 1 unspecified atom stereocenters. The zero-order valence-electron chi connectivity index (χ0n) is 12.9. The average molecular weight is 323 g/mol. The fourth-order valence-corrected chi connectivity index (χ4v) is 3.90. The van der Waals surface area contributed by atoms with Gasteiger partial charge in [0.05, 0.1) is 17.6 Å². The van der Waals surface area contributed by atoms with Crippen molar-refractivity contribution < 1.29 is 0 Å². The lowest BCUT2D eigenvalue weighted by Crippen LogP contribution is -2.08. The van der Waals surface area contributed by atoms with Gasteiger partial charge < -0.3 is 4.57 Å². The Balaban J connectivity index is 2.17. The van der Waals surface area contributed by atoms with Crippen molar-refractivity contribution in [2.45, 2.75) is 39.6 Å². The number of rotatable bonds is 3. The molecule has 0 bridgehead atoms. The van der Waals surface area contributed by atoms with Crippen LogP contribution < -0.4 is 0 Å². The van der Waals surface area contributed by atoms with Gasteiger partial charge >= 0.3 is 0 Å². The third kappa shape index (κ3) is 2.38. The zero-order valence-corrected chi connectivity index (χ0v) is 14.5. The molecule has 0 N–H and O–H groups in total. The van der Waals surface area contributed by atoms with E-state index in [1.807, 2.05) is 36.9 Å². The Bertz CT molecular complexity index is 790. The molecule has 0 amide bonds. The van der Waals surface area contributed by atoms with Crippen molar-refractivity contribution in [3.63, 3.8) is 0 Å². The minimum absolute atomic E-state index is 0.126. The molecular formula is C15H19ClN4S. The second-order valence-electron chi connectivity index (χ2n) is 5.51. The van der Waals surface area contributed by atoms with Crippen LogP contribution in [0.5, 0.6) is 0 Å². The normalized spacial score (nSPS) is 13.2. The summed E-state index contributed by atoms with van der Waals surface area (Å²) >= 11 is 8.17. The van der Waals surface area contributed by atoms with Gasteiger partial charge in [0.1, 0.15) is 11.3 Å². The molecule has 0 saturated heterocycles. The monoisotopic (exact) mass is 322 g/mol. The van der Waals surface area contributed by atoms with Crippen LogP contribution in [0.2, 0.25) is 0 Å². The molecule has 0 radical (unpaired) electrons. The van der Waals surface area contributed by atoms with Crippen LogP contribution in [-0.2, 0) is 13.6 Å². The highest BCUT2D eigenvalue weighted by Gasteiger charge is 2.20. The van der Waals surface area contributed by atoms with E-state index in [1.54, 1.807) is 0 Å². The van der Waals surface area contributed by atoms with E-state index in [9.17, 15) is 0 Å². The maximum absolute atomic E-state index is 6.33. The Morgan fingerprint density at radius 1 is 1.33 bits per heavy atom. The predicted octanol–water partition coefficient (Wildman–Crippen LogP) is 4.10. The van der Waals surface area contributed by atoms with Crippen molar-refractivity contribution in [2.24, 2.45) is 7.05 Å². The Kier molecular flexibility index (Phi) is 3.58. The summed E-state index contributed by atoms with van der Waals surface area (Å²) < 4.78 is 4.09. The van der Waals surface area contributed by atoms with Gasteiger partial charge in [-0.3, -0.25) is 4.68 Å². The molecule has 3 rings (SSSR count). The number of aromatic nitrogens is 4. The van der Waals surface area contributed by atoms with Gasteiger partial charge in [-0.2, -0.15) is 5.10 Å². The molecule has 3 aromatic rings. The molecule has 0 aromatic carbocycles. The first-order valence-corrected chi connectivity index (χ1v) is 8.23. The SMILES string of the molecule is Cc1cc(Cn2c(C(C)Cl)nc3c(C)nn(C)c32)sc1C. The molecule has 3 aromatic heterocycles. The average Bonchev–Trinajstić information content (AvgIpc) is 2.99. The van der Waals surface area contributed by atoms with Gasteiger partial charge in [0.15, 0.2) is 5.65 Å². The lowest BCUT2D eigenvalue weighted by atomic mass is 10.3. The van der Waals surface area contributed by atoms with Crippen LogP contribution in [0.25, 0.3) is 11.2 Å². The smallest absolute Gasteiger partial charge is 0.159 e. The molecule has 112 valence electrons. The molecule has 0 aliphatic heterocycles. The van der Waals surface area contributed by atoms with E-state index in [0.29, 0.717) is 0 Å². The van der Waals surface area contributed by atoms with Crippen LogP contribution in [-0.4, -0.2) is 19.3 Å². The number of thiophene rings is 1. The quantitative estimate of drug-likeness (QED) is 0.680. The number of hydrogen-bond acceptors (Lipinski definition) is 3. The van der Waals surface area contributed by atoms with Gasteiger partial charge in [-0.25, -0.2) is 4.98 Å². The number of imidazole rings is 1. The number of alkyl halides is 1. The minimum Gasteiger partial charge on any atom is -0.306 e.